The van der Waals surface area contributed by atoms with Crippen molar-refractivity contribution in [1.82, 2.24) is 0 Å². The van der Waals surface area contributed by atoms with Gasteiger partial charge in [-0.1, -0.05) is 182 Å². The normalized spacial score (nSPS) is 13.1. The highest BCUT2D eigenvalue weighted by atomic mass is 16.3. The van der Waals surface area contributed by atoms with E-state index in [0.29, 0.717) is 0 Å². The number of para-hydroxylation sites is 3. The molecule has 13 aromatic rings. The highest BCUT2D eigenvalue weighted by Gasteiger charge is 2.51. The molecule has 316 valence electrons. The van der Waals surface area contributed by atoms with Crippen LogP contribution < -0.4 is 4.90 Å². The number of hydrogen-bond acceptors (Lipinski definition) is 3. The van der Waals surface area contributed by atoms with Gasteiger partial charge in [-0.25, -0.2) is 0 Å². The van der Waals surface area contributed by atoms with Crippen LogP contribution in [-0.2, 0) is 5.41 Å². The third-order valence-corrected chi connectivity index (χ3v) is 14.9. The molecule has 0 atom stereocenters. The van der Waals surface area contributed by atoms with Gasteiger partial charge in [0.1, 0.15) is 22.3 Å². The molecular weight excluding hydrogens is 827 g/mol. The summed E-state index contributed by atoms with van der Waals surface area (Å²) in [5, 5.41) is 6.76. The largest absolute Gasteiger partial charge is 0.455 e. The Labute approximate surface area is 392 Å². The second kappa shape index (κ2) is 14.0. The topological polar surface area (TPSA) is 29.5 Å². The fourth-order valence-corrected chi connectivity index (χ4v) is 12.0. The van der Waals surface area contributed by atoms with Crippen LogP contribution in [0.5, 0.6) is 0 Å². The first-order chi connectivity index (χ1) is 33.7. The number of nitrogens with zero attached hydrogens (tertiary/aromatic N) is 1. The minimum Gasteiger partial charge on any atom is -0.455 e. The molecule has 0 unspecified atom stereocenters. The highest BCUT2D eigenvalue weighted by molar-refractivity contribution is 6.16. The quantitative estimate of drug-likeness (QED) is 0.173. The lowest BCUT2D eigenvalue weighted by atomic mass is 9.70. The van der Waals surface area contributed by atoms with Gasteiger partial charge < -0.3 is 13.7 Å². The van der Waals surface area contributed by atoms with Crippen molar-refractivity contribution >= 4 is 71.7 Å². The van der Waals surface area contributed by atoms with Crippen molar-refractivity contribution in [3.8, 4) is 44.5 Å². The van der Waals surface area contributed by atoms with Crippen molar-refractivity contribution in [1.29, 1.82) is 0 Å². The van der Waals surface area contributed by atoms with E-state index < -0.39 is 5.41 Å². The van der Waals surface area contributed by atoms with Crippen LogP contribution in [-0.4, -0.2) is 0 Å². The van der Waals surface area contributed by atoms with Crippen LogP contribution in [0.3, 0.4) is 0 Å². The van der Waals surface area contributed by atoms with Gasteiger partial charge in [0.25, 0.3) is 0 Å². The Hall–Kier alpha value is -8.92. The molecule has 0 N–H and O–H groups in total. The first kappa shape index (κ1) is 37.3. The molecule has 0 fully saturated rings. The number of rotatable bonds is 5. The van der Waals surface area contributed by atoms with E-state index in [0.717, 1.165) is 88.6 Å². The average molecular weight is 866 g/mol. The summed E-state index contributed by atoms with van der Waals surface area (Å²) in [4.78, 5) is 2.45. The summed E-state index contributed by atoms with van der Waals surface area (Å²) >= 11 is 0. The van der Waals surface area contributed by atoms with Crippen LogP contribution in [0, 0.1) is 0 Å². The summed E-state index contributed by atoms with van der Waals surface area (Å²) in [7, 11) is 0. The molecule has 1 spiro atoms. The summed E-state index contributed by atoms with van der Waals surface area (Å²) in [5.74, 6) is 0. The van der Waals surface area contributed by atoms with Crippen LogP contribution in [0.4, 0.5) is 17.1 Å². The summed E-state index contributed by atoms with van der Waals surface area (Å²) in [6.07, 6.45) is 0. The number of furan rings is 2. The average Bonchev–Trinajstić information content (AvgIpc) is 4.14. The monoisotopic (exact) mass is 865 g/mol. The first-order valence-electron chi connectivity index (χ1n) is 23.4. The molecule has 11 aromatic carbocycles. The number of anilines is 3. The molecule has 0 bridgehead atoms. The molecule has 2 heterocycles. The molecule has 15 rings (SSSR count). The molecule has 2 aliphatic rings. The van der Waals surface area contributed by atoms with E-state index in [1.807, 2.05) is 12.1 Å². The lowest BCUT2D eigenvalue weighted by Gasteiger charge is -2.32. The van der Waals surface area contributed by atoms with Crippen LogP contribution in [0.1, 0.15) is 22.3 Å². The van der Waals surface area contributed by atoms with Gasteiger partial charge in [-0.3, -0.25) is 0 Å². The SMILES string of the molecule is c1ccc(N(c2ccc(-c3cccc4c3oc3ccccc34)cc2)c2ccc3c(c2)C2(c4ccccc4-c4ccccc42)c2ccccc2-3)c(-c2ccc3oc4c5ccccc5ccc4c3c2)c1. The Morgan fingerprint density at radius 3 is 1.60 bits per heavy atom. The van der Waals surface area contributed by atoms with Crippen LogP contribution in [0.15, 0.2) is 245 Å². The van der Waals surface area contributed by atoms with Gasteiger partial charge in [-0.15, -0.1) is 0 Å². The highest BCUT2D eigenvalue weighted by Crippen LogP contribution is 2.63. The van der Waals surface area contributed by atoms with E-state index in [9.17, 15) is 0 Å². The Bertz CT molecular complexity index is 4160. The van der Waals surface area contributed by atoms with Crippen LogP contribution in [0.25, 0.3) is 99.2 Å². The summed E-state index contributed by atoms with van der Waals surface area (Å²) in [5.41, 5.74) is 21.2. The van der Waals surface area contributed by atoms with E-state index in [2.05, 4.69) is 229 Å². The maximum Gasteiger partial charge on any atom is 0.143 e. The van der Waals surface area contributed by atoms with E-state index in [4.69, 9.17) is 8.83 Å². The number of fused-ring (bicyclic) bond motifs is 18. The molecule has 0 amide bonds. The Balaban J connectivity index is 0.954. The van der Waals surface area contributed by atoms with E-state index in [1.165, 1.54) is 49.9 Å². The minimum atomic E-state index is -0.479. The predicted molar refractivity (Wildman–Crippen MR) is 280 cm³/mol. The molecule has 0 radical (unpaired) electrons. The zero-order valence-corrected chi connectivity index (χ0v) is 36.8. The van der Waals surface area contributed by atoms with Gasteiger partial charge in [0, 0.05) is 49.4 Å². The van der Waals surface area contributed by atoms with E-state index >= 15 is 0 Å². The smallest absolute Gasteiger partial charge is 0.143 e. The molecule has 0 aliphatic heterocycles. The van der Waals surface area contributed by atoms with Gasteiger partial charge in [-0.2, -0.15) is 0 Å². The fraction of sp³-hybridized carbons (Fsp3) is 0.0154. The van der Waals surface area contributed by atoms with Crippen molar-refractivity contribution in [2.45, 2.75) is 5.41 Å². The fourth-order valence-electron chi connectivity index (χ4n) is 12.0. The second-order valence-electron chi connectivity index (χ2n) is 18.3. The van der Waals surface area contributed by atoms with E-state index in [1.54, 1.807) is 0 Å². The Morgan fingerprint density at radius 2 is 0.838 bits per heavy atom. The maximum absolute atomic E-state index is 6.61. The molecular formula is C65H39NO2. The molecule has 0 saturated carbocycles. The molecule has 0 saturated heterocycles. The van der Waals surface area contributed by atoms with Gasteiger partial charge >= 0.3 is 0 Å². The van der Waals surface area contributed by atoms with Crippen LogP contribution in [0.2, 0.25) is 0 Å². The zero-order chi connectivity index (χ0) is 44.5. The summed E-state index contributed by atoms with van der Waals surface area (Å²) in [6.45, 7) is 0. The number of hydrogen-bond donors (Lipinski definition) is 0. The summed E-state index contributed by atoms with van der Waals surface area (Å²) < 4.78 is 13.2. The lowest BCUT2D eigenvalue weighted by molar-refractivity contribution is 0.670. The zero-order valence-electron chi connectivity index (χ0n) is 36.8. The molecule has 3 nitrogen and oxygen atoms in total. The Morgan fingerprint density at radius 1 is 0.294 bits per heavy atom. The lowest BCUT2D eigenvalue weighted by Crippen LogP contribution is -2.26. The van der Waals surface area contributed by atoms with Gasteiger partial charge in [0.2, 0.25) is 0 Å². The van der Waals surface area contributed by atoms with Gasteiger partial charge in [-0.05, 0) is 116 Å². The summed E-state index contributed by atoms with van der Waals surface area (Å²) in [6, 6.07) is 86.4. The Kier molecular flexibility index (Phi) is 7.71. The molecule has 2 aliphatic carbocycles. The maximum atomic E-state index is 6.61. The first-order valence-corrected chi connectivity index (χ1v) is 23.4. The van der Waals surface area contributed by atoms with Crippen molar-refractivity contribution in [2.75, 3.05) is 4.90 Å². The third kappa shape index (κ3) is 5.07. The molecule has 2 aromatic heterocycles. The van der Waals surface area contributed by atoms with Crippen LogP contribution >= 0.6 is 0 Å². The van der Waals surface area contributed by atoms with Crippen molar-refractivity contribution in [3.05, 3.63) is 259 Å². The molecule has 68 heavy (non-hydrogen) atoms. The van der Waals surface area contributed by atoms with E-state index in [-0.39, 0.29) is 0 Å². The number of benzene rings is 11. The van der Waals surface area contributed by atoms with Crippen molar-refractivity contribution in [2.24, 2.45) is 0 Å². The van der Waals surface area contributed by atoms with Crippen molar-refractivity contribution < 1.29 is 8.83 Å². The standard InChI is InChI=1S/C65H39NO2/c1-2-16-46-40(14-1)30-35-54-55-38-42(31-37-62(55)68-64(46)54)45-15-6-11-26-60(45)66(43-32-28-41(29-33-43)47-21-13-22-53-52-20-7-12-27-61(52)67-63(47)53)44-34-36-51-50-19-5-10-25-58(50)65(59(51)39-44)56-23-8-3-17-48(56)49-18-4-9-24-57(49)65/h1-39H. The van der Waals surface area contributed by atoms with Gasteiger partial charge in [0.15, 0.2) is 0 Å². The van der Waals surface area contributed by atoms with Gasteiger partial charge in [0.05, 0.1) is 11.1 Å². The predicted octanol–water partition coefficient (Wildman–Crippen LogP) is 17.8. The molecule has 3 heteroatoms. The minimum absolute atomic E-state index is 0.479. The van der Waals surface area contributed by atoms with Crippen molar-refractivity contribution in [3.63, 3.8) is 0 Å². The third-order valence-electron chi connectivity index (χ3n) is 14.9. The second-order valence-corrected chi connectivity index (χ2v) is 18.3.